The van der Waals surface area contributed by atoms with Gasteiger partial charge >= 0.3 is 6.09 Å². The number of pyridine rings is 1. The average molecular weight is 352 g/mol. The predicted octanol–water partition coefficient (Wildman–Crippen LogP) is 3.39. The summed E-state index contributed by atoms with van der Waals surface area (Å²) in [5.41, 5.74) is 2.54. The minimum Gasteiger partial charge on any atom is -0.444 e. The Morgan fingerprint density at radius 2 is 2.19 bits per heavy atom. The fourth-order valence-electron chi connectivity index (χ4n) is 2.48. The van der Waals surface area contributed by atoms with E-state index in [1.54, 1.807) is 4.90 Å². The maximum absolute atomic E-state index is 12.2. The van der Waals surface area contributed by atoms with E-state index < -0.39 is 5.60 Å². The Hall–Kier alpha value is -1.56. The summed E-state index contributed by atoms with van der Waals surface area (Å²) in [6.45, 7) is 6.81. The van der Waals surface area contributed by atoms with Crippen molar-refractivity contribution < 1.29 is 9.53 Å². The number of amides is 1. The third kappa shape index (κ3) is 2.77. The van der Waals surface area contributed by atoms with E-state index in [1.165, 1.54) is 0 Å². The van der Waals surface area contributed by atoms with Crippen LogP contribution in [0.25, 0.3) is 5.65 Å². The molecule has 1 aliphatic rings. The summed E-state index contributed by atoms with van der Waals surface area (Å²) in [4.78, 5) is 18.6. The Balaban J connectivity index is 1.90. The Bertz CT molecular complexity index is 703. The first-order chi connectivity index (χ1) is 9.85. The number of ether oxygens (including phenoxy) is 1. The van der Waals surface area contributed by atoms with E-state index in [0.717, 1.165) is 27.9 Å². The Morgan fingerprint density at radius 3 is 2.90 bits per heavy atom. The van der Waals surface area contributed by atoms with Crippen LogP contribution in [0, 0.1) is 0 Å². The number of fused-ring (bicyclic) bond motifs is 3. The molecular formula is C15H18BrN3O2. The van der Waals surface area contributed by atoms with Crippen molar-refractivity contribution in [3.8, 4) is 0 Å². The van der Waals surface area contributed by atoms with Gasteiger partial charge in [-0.25, -0.2) is 9.78 Å². The predicted molar refractivity (Wildman–Crippen MR) is 83.2 cm³/mol. The van der Waals surface area contributed by atoms with Crippen LogP contribution in [-0.4, -0.2) is 32.5 Å². The van der Waals surface area contributed by atoms with Crippen molar-refractivity contribution in [2.24, 2.45) is 0 Å². The molecule has 0 aliphatic carbocycles. The van der Waals surface area contributed by atoms with Gasteiger partial charge in [0.25, 0.3) is 0 Å². The highest BCUT2D eigenvalue weighted by atomic mass is 79.9. The maximum atomic E-state index is 12.2. The highest BCUT2D eigenvalue weighted by molar-refractivity contribution is 9.10. The number of carbonyl (C=O) groups excluding carboxylic acids is 1. The summed E-state index contributed by atoms with van der Waals surface area (Å²) < 4.78 is 8.45. The van der Waals surface area contributed by atoms with E-state index in [1.807, 2.05) is 43.5 Å². The van der Waals surface area contributed by atoms with Crippen molar-refractivity contribution in [1.82, 2.24) is 14.3 Å². The first-order valence-corrected chi connectivity index (χ1v) is 7.77. The Morgan fingerprint density at radius 1 is 1.43 bits per heavy atom. The van der Waals surface area contributed by atoms with E-state index in [-0.39, 0.29) is 6.09 Å². The number of rotatable bonds is 0. The van der Waals surface area contributed by atoms with Crippen molar-refractivity contribution in [1.29, 1.82) is 0 Å². The maximum Gasteiger partial charge on any atom is 0.410 e. The molecule has 1 aliphatic heterocycles. The molecule has 0 unspecified atom stereocenters. The second-order valence-corrected chi connectivity index (χ2v) is 7.06. The molecule has 0 saturated carbocycles. The quantitative estimate of drug-likeness (QED) is 0.730. The van der Waals surface area contributed by atoms with Crippen molar-refractivity contribution >= 4 is 27.7 Å². The zero-order valence-electron chi connectivity index (χ0n) is 12.4. The first kappa shape index (κ1) is 14.4. The molecule has 0 bridgehead atoms. The van der Waals surface area contributed by atoms with E-state index >= 15 is 0 Å². The molecule has 0 N–H and O–H groups in total. The normalized spacial score (nSPS) is 15.1. The summed E-state index contributed by atoms with van der Waals surface area (Å²) >= 11 is 3.52. The number of imidazole rings is 1. The zero-order valence-corrected chi connectivity index (χ0v) is 14.0. The van der Waals surface area contributed by atoms with Crippen LogP contribution >= 0.6 is 15.9 Å². The van der Waals surface area contributed by atoms with Gasteiger partial charge < -0.3 is 14.0 Å². The number of halogens is 1. The van der Waals surface area contributed by atoms with Gasteiger partial charge in [-0.3, -0.25) is 0 Å². The highest BCUT2D eigenvalue weighted by Crippen LogP contribution is 2.25. The van der Waals surface area contributed by atoms with Crippen molar-refractivity contribution in [2.45, 2.75) is 39.3 Å². The molecule has 3 heterocycles. The van der Waals surface area contributed by atoms with E-state index in [2.05, 4.69) is 20.9 Å². The lowest BCUT2D eigenvalue weighted by molar-refractivity contribution is 0.0220. The molecule has 1 amide bonds. The van der Waals surface area contributed by atoms with Gasteiger partial charge in [0.2, 0.25) is 0 Å². The molecule has 21 heavy (non-hydrogen) atoms. The van der Waals surface area contributed by atoms with Gasteiger partial charge in [-0.15, -0.1) is 0 Å². The number of hydrogen-bond donors (Lipinski definition) is 0. The van der Waals surface area contributed by atoms with E-state index in [4.69, 9.17) is 4.74 Å². The Kier molecular flexibility index (Phi) is 3.43. The molecule has 2 aromatic rings. The van der Waals surface area contributed by atoms with Gasteiger partial charge in [-0.1, -0.05) is 0 Å². The average Bonchev–Trinajstić information content (AvgIpc) is 2.76. The monoisotopic (exact) mass is 351 g/mol. The SMILES string of the molecule is CC(C)(C)OC(=O)N1CCc2nc3c(Br)cccn3c2C1. The topological polar surface area (TPSA) is 46.8 Å². The van der Waals surface area contributed by atoms with Crippen LogP contribution in [0.2, 0.25) is 0 Å². The Labute approximate surface area is 132 Å². The van der Waals surface area contributed by atoms with Crippen molar-refractivity contribution in [2.75, 3.05) is 6.54 Å². The summed E-state index contributed by atoms with van der Waals surface area (Å²) in [6.07, 6.45) is 2.46. The second-order valence-electron chi connectivity index (χ2n) is 6.21. The van der Waals surface area contributed by atoms with Crippen molar-refractivity contribution in [3.63, 3.8) is 0 Å². The van der Waals surface area contributed by atoms with Crippen LogP contribution < -0.4 is 0 Å². The second kappa shape index (κ2) is 5.02. The van der Waals surface area contributed by atoms with Crippen LogP contribution in [-0.2, 0) is 17.7 Å². The summed E-state index contributed by atoms with van der Waals surface area (Å²) in [6, 6.07) is 3.94. The fraction of sp³-hybridized carbons (Fsp3) is 0.467. The molecule has 112 valence electrons. The summed E-state index contributed by atoms with van der Waals surface area (Å²) in [7, 11) is 0. The van der Waals surface area contributed by atoms with Gasteiger partial charge in [0, 0.05) is 19.2 Å². The molecule has 0 aromatic carbocycles. The van der Waals surface area contributed by atoms with Gasteiger partial charge in [-0.05, 0) is 48.8 Å². The smallest absolute Gasteiger partial charge is 0.410 e. The summed E-state index contributed by atoms with van der Waals surface area (Å²) in [5.74, 6) is 0. The van der Waals surface area contributed by atoms with Crippen LogP contribution in [0.5, 0.6) is 0 Å². The van der Waals surface area contributed by atoms with E-state index in [9.17, 15) is 4.79 Å². The lowest BCUT2D eigenvalue weighted by Gasteiger charge is -2.29. The standard InChI is InChI=1S/C15H18BrN3O2/c1-15(2,3)21-14(20)18-8-6-11-12(9-18)19-7-4-5-10(16)13(19)17-11/h4-5,7H,6,8-9H2,1-3H3. The largest absolute Gasteiger partial charge is 0.444 e. The summed E-state index contributed by atoms with van der Waals surface area (Å²) in [5, 5.41) is 0. The molecule has 3 rings (SSSR count). The van der Waals surface area contributed by atoms with Gasteiger partial charge in [0.05, 0.1) is 22.4 Å². The van der Waals surface area contributed by atoms with Crippen LogP contribution in [0.1, 0.15) is 32.2 Å². The number of hydrogen-bond acceptors (Lipinski definition) is 3. The molecule has 2 aromatic heterocycles. The van der Waals surface area contributed by atoms with E-state index in [0.29, 0.717) is 13.1 Å². The van der Waals surface area contributed by atoms with Crippen molar-refractivity contribution in [3.05, 3.63) is 34.2 Å². The lowest BCUT2D eigenvalue weighted by Crippen LogP contribution is -2.40. The third-order valence-electron chi connectivity index (χ3n) is 3.40. The molecular weight excluding hydrogens is 334 g/mol. The molecule has 0 radical (unpaired) electrons. The minimum absolute atomic E-state index is 0.266. The third-order valence-corrected chi connectivity index (χ3v) is 4.01. The zero-order chi connectivity index (χ0) is 15.2. The van der Waals surface area contributed by atoms with Gasteiger partial charge in [0.15, 0.2) is 5.65 Å². The highest BCUT2D eigenvalue weighted by Gasteiger charge is 2.28. The van der Waals surface area contributed by atoms with Crippen LogP contribution in [0.4, 0.5) is 4.79 Å². The molecule has 6 heteroatoms. The minimum atomic E-state index is -0.472. The number of nitrogens with zero attached hydrogens (tertiary/aromatic N) is 3. The molecule has 0 saturated heterocycles. The van der Waals surface area contributed by atoms with Gasteiger partial charge in [-0.2, -0.15) is 0 Å². The number of aromatic nitrogens is 2. The fourth-order valence-corrected chi connectivity index (χ4v) is 2.91. The van der Waals surface area contributed by atoms with Crippen LogP contribution in [0.3, 0.4) is 0 Å². The first-order valence-electron chi connectivity index (χ1n) is 6.97. The molecule has 0 atom stereocenters. The van der Waals surface area contributed by atoms with Gasteiger partial charge in [0.1, 0.15) is 5.60 Å². The molecule has 5 nitrogen and oxygen atoms in total. The molecule has 0 spiro atoms. The molecule has 0 fully saturated rings. The van der Waals surface area contributed by atoms with Crippen LogP contribution in [0.15, 0.2) is 22.8 Å². The lowest BCUT2D eigenvalue weighted by atomic mass is 10.1. The number of carbonyl (C=O) groups is 1.